The number of rotatable bonds is 3. The van der Waals surface area contributed by atoms with Crippen LogP contribution >= 0.6 is 28.3 Å². The molecule has 0 unspecified atom stereocenters. The van der Waals surface area contributed by atoms with Crippen LogP contribution in [0.25, 0.3) is 0 Å². The van der Waals surface area contributed by atoms with E-state index in [-0.39, 0.29) is 24.1 Å². The Morgan fingerprint density at radius 2 is 2.14 bits per heavy atom. The summed E-state index contributed by atoms with van der Waals surface area (Å²) in [6, 6.07) is 4.81. The number of aryl methyl sites for hydroxylation is 1. The molecule has 1 aromatic carbocycles. The lowest BCUT2D eigenvalue weighted by Crippen LogP contribution is -2.10. The minimum atomic E-state index is -0.272. The summed E-state index contributed by atoms with van der Waals surface area (Å²) >= 11 is 3.09. The third-order valence-corrected chi connectivity index (χ3v) is 2.27. The Morgan fingerprint density at radius 1 is 1.50 bits per heavy atom. The van der Waals surface area contributed by atoms with E-state index in [1.54, 1.807) is 12.1 Å². The summed E-state index contributed by atoms with van der Waals surface area (Å²) in [5.41, 5.74) is 6.18. The van der Waals surface area contributed by atoms with Crippen molar-refractivity contribution in [1.29, 1.82) is 5.41 Å². The fraction of sp³-hybridized carbons (Fsp3) is 0.222. The van der Waals surface area contributed by atoms with Gasteiger partial charge in [-0.05, 0) is 40.0 Å². The van der Waals surface area contributed by atoms with Gasteiger partial charge < -0.3 is 5.73 Å². The van der Waals surface area contributed by atoms with Crippen molar-refractivity contribution < 1.29 is 4.39 Å². The summed E-state index contributed by atoms with van der Waals surface area (Å²) in [6.45, 7) is 0. The van der Waals surface area contributed by atoms with Crippen LogP contribution in [-0.4, -0.2) is 5.84 Å². The van der Waals surface area contributed by atoms with Gasteiger partial charge in [0.1, 0.15) is 5.82 Å². The summed E-state index contributed by atoms with van der Waals surface area (Å²) in [5, 5.41) is 7.03. The summed E-state index contributed by atoms with van der Waals surface area (Å²) in [4.78, 5) is 0. The van der Waals surface area contributed by atoms with E-state index < -0.39 is 0 Å². The second kappa shape index (κ2) is 5.98. The molecule has 1 rings (SSSR count). The van der Waals surface area contributed by atoms with Crippen LogP contribution in [0.2, 0.25) is 0 Å². The van der Waals surface area contributed by atoms with Crippen LogP contribution in [0.1, 0.15) is 12.0 Å². The SMILES string of the molecule is Cl.N=C(N)CCc1ccc(F)c(Br)c1. The number of nitrogens with one attached hydrogen (secondary N) is 1. The smallest absolute Gasteiger partial charge is 0.137 e. The Morgan fingerprint density at radius 3 is 2.64 bits per heavy atom. The minimum absolute atomic E-state index is 0. The molecular weight excluding hydrogens is 270 g/mol. The summed E-state index contributed by atoms with van der Waals surface area (Å²) in [7, 11) is 0. The van der Waals surface area contributed by atoms with E-state index >= 15 is 0 Å². The fourth-order valence-electron chi connectivity index (χ4n) is 0.974. The molecule has 0 aliphatic carbocycles. The Balaban J connectivity index is 0.00000169. The van der Waals surface area contributed by atoms with Crippen LogP contribution in [0.15, 0.2) is 22.7 Å². The molecule has 3 N–H and O–H groups in total. The van der Waals surface area contributed by atoms with E-state index in [0.29, 0.717) is 17.3 Å². The highest BCUT2D eigenvalue weighted by molar-refractivity contribution is 9.10. The lowest BCUT2D eigenvalue weighted by molar-refractivity contribution is 0.620. The molecule has 0 spiro atoms. The molecule has 0 heterocycles. The van der Waals surface area contributed by atoms with Crippen molar-refractivity contribution in [2.45, 2.75) is 12.8 Å². The molecule has 0 atom stereocenters. The number of benzene rings is 1. The third kappa shape index (κ3) is 4.07. The van der Waals surface area contributed by atoms with Gasteiger partial charge in [-0.1, -0.05) is 6.07 Å². The van der Waals surface area contributed by atoms with E-state index in [0.717, 1.165) is 5.56 Å². The van der Waals surface area contributed by atoms with Crippen LogP contribution in [0.5, 0.6) is 0 Å². The Bertz CT molecular complexity index is 331. The number of amidine groups is 1. The van der Waals surface area contributed by atoms with E-state index in [4.69, 9.17) is 11.1 Å². The normalized spacial score (nSPS) is 9.29. The standard InChI is InChI=1S/C9H10BrFN2.ClH/c10-7-5-6(1-3-8(7)11)2-4-9(12)13;/h1,3,5H,2,4H2,(H3,12,13);1H. The zero-order valence-electron chi connectivity index (χ0n) is 7.39. The largest absolute Gasteiger partial charge is 0.388 e. The molecule has 5 heteroatoms. The van der Waals surface area contributed by atoms with E-state index in [1.807, 2.05) is 0 Å². The molecule has 2 nitrogen and oxygen atoms in total. The maximum atomic E-state index is 12.8. The molecule has 0 radical (unpaired) electrons. The second-order valence-electron chi connectivity index (χ2n) is 2.77. The quantitative estimate of drug-likeness (QED) is 0.649. The molecule has 0 aromatic heterocycles. The van der Waals surface area contributed by atoms with Crippen LogP contribution in [0.4, 0.5) is 4.39 Å². The van der Waals surface area contributed by atoms with Gasteiger partial charge in [-0.15, -0.1) is 12.4 Å². The first-order chi connectivity index (χ1) is 6.09. The second-order valence-corrected chi connectivity index (χ2v) is 3.63. The first-order valence-corrected chi connectivity index (χ1v) is 4.65. The summed E-state index contributed by atoms with van der Waals surface area (Å²) in [5.74, 6) is -0.118. The first kappa shape index (κ1) is 13.4. The molecule has 0 saturated heterocycles. The van der Waals surface area contributed by atoms with Crippen LogP contribution in [-0.2, 0) is 6.42 Å². The molecule has 0 saturated carbocycles. The Labute approximate surface area is 96.7 Å². The third-order valence-electron chi connectivity index (χ3n) is 1.67. The number of hydrogen-bond donors (Lipinski definition) is 2. The molecule has 0 fully saturated rings. The maximum absolute atomic E-state index is 12.8. The minimum Gasteiger partial charge on any atom is -0.388 e. The van der Waals surface area contributed by atoms with Gasteiger partial charge in [0, 0.05) is 6.42 Å². The topological polar surface area (TPSA) is 49.9 Å². The van der Waals surface area contributed by atoms with Gasteiger partial charge in [0.25, 0.3) is 0 Å². The van der Waals surface area contributed by atoms with Crippen molar-refractivity contribution in [3.63, 3.8) is 0 Å². The van der Waals surface area contributed by atoms with Gasteiger partial charge in [-0.25, -0.2) is 4.39 Å². The van der Waals surface area contributed by atoms with Crippen LogP contribution in [0, 0.1) is 11.2 Å². The Hall–Kier alpha value is -0.610. The highest BCUT2D eigenvalue weighted by atomic mass is 79.9. The summed E-state index contributed by atoms with van der Waals surface area (Å²) < 4.78 is 13.2. The lowest BCUT2D eigenvalue weighted by Gasteiger charge is -2.01. The van der Waals surface area contributed by atoms with Gasteiger partial charge in [0.15, 0.2) is 0 Å². The highest BCUT2D eigenvalue weighted by Crippen LogP contribution is 2.17. The average Bonchev–Trinajstić information content (AvgIpc) is 2.07. The zero-order valence-corrected chi connectivity index (χ0v) is 9.79. The van der Waals surface area contributed by atoms with Crippen LogP contribution in [0.3, 0.4) is 0 Å². The van der Waals surface area contributed by atoms with Gasteiger partial charge in [0.2, 0.25) is 0 Å². The predicted molar refractivity (Wildman–Crippen MR) is 61.6 cm³/mol. The van der Waals surface area contributed by atoms with Gasteiger partial charge >= 0.3 is 0 Å². The van der Waals surface area contributed by atoms with Crippen molar-refractivity contribution in [2.75, 3.05) is 0 Å². The predicted octanol–water partition coefficient (Wildman–Crippen LogP) is 2.88. The average molecular weight is 282 g/mol. The van der Waals surface area contributed by atoms with Crippen molar-refractivity contribution in [3.05, 3.63) is 34.1 Å². The Kier molecular flexibility index (Phi) is 5.72. The van der Waals surface area contributed by atoms with Gasteiger partial charge in [-0.2, -0.15) is 0 Å². The molecular formula is C9H11BrClFN2. The number of halogens is 3. The van der Waals surface area contributed by atoms with Crippen molar-refractivity contribution in [3.8, 4) is 0 Å². The maximum Gasteiger partial charge on any atom is 0.137 e. The van der Waals surface area contributed by atoms with Crippen molar-refractivity contribution in [1.82, 2.24) is 0 Å². The highest BCUT2D eigenvalue weighted by Gasteiger charge is 2.00. The molecule has 0 aliphatic heterocycles. The summed E-state index contributed by atoms with van der Waals surface area (Å²) in [6.07, 6.45) is 1.19. The molecule has 14 heavy (non-hydrogen) atoms. The molecule has 0 aliphatic rings. The number of hydrogen-bond acceptors (Lipinski definition) is 1. The lowest BCUT2D eigenvalue weighted by atomic mass is 10.1. The van der Waals surface area contributed by atoms with Gasteiger partial charge in [-0.3, -0.25) is 5.41 Å². The molecule has 0 amide bonds. The molecule has 78 valence electrons. The number of nitrogens with two attached hydrogens (primary N) is 1. The van der Waals surface area contributed by atoms with Crippen molar-refractivity contribution in [2.24, 2.45) is 5.73 Å². The molecule has 0 bridgehead atoms. The van der Waals surface area contributed by atoms with Crippen LogP contribution < -0.4 is 5.73 Å². The van der Waals surface area contributed by atoms with E-state index in [9.17, 15) is 4.39 Å². The first-order valence-electron chi connectivity index (χ1n) is 3.86. The monoisotopic (exact) mass is 280 g/mol. The van der Waals surface area contributed by atoms with Gasteiger partial charge in [0.05, 0.1) is 10.3 Å². The van der Waals surface area contributed by atoms with Crippen molar-refractivity contribution >= 4 is 34.2 Å². The van der Waals surface area contributed by atoms with E-state index in [1.165, 1.54) is 6.07 Å². The van der Waals surface area contributed by atoms with E-state index in [2.05, 4.69) is 15.9 Å². The zero-order chi connectivity index (χ0) is 9.84. The fourth-order valence-corrected chi connectivity index (χ4v) is 1.40. The molecule has 1 aromatic rings.